The first-order valence-corrected chi connectivity index (χ1v) is 5.76. The largest absolute Gasteiger partial charge is 0.476 e. The smallest absolute Gasteiger partial charge is 0.232 e. The van der Waals surface area contributed by atoms with Crippen LogP contribution >= 0.6 is 0 Å². The van der Waals surface area contributed by atoms with Crippen LogP contribution in [0.3, 0.4) is 0 Å². The summed E-state index contributed by atoms with van der Waals surface area (Å²) in [6, 6.07) is 0. The zero-order chi connectivity index (χ0) is 11.1. The fourth-order valence-electron chi connectivity index (χ4n) is 1.32. The van der Waals surface area contributed by atoms with E-state index in [4.69, 9.17) is 4.74 Å². The Bertz CT molecular complexity index is 267. The zero-order valence-electron chi connectivity index (χ0n) is 9.86. The van der Waals surface area contributed by atoms with Crippen molar-refractivity contribution in [1.82, 2.24) is 9.97 Å². The predicted octanol–water partition coefficient (Wildman–Crippen LogP) is 2.99. The Morgan fingerprint density at radius 2 is 2.00 bits per heavy atom. The molecule has 0 spiro atoms. The molecule has 1 heterocycles. The molecule has 1 aliphatic rings. The van der Waals surface area contributed by atoms with E-state index in [1.54, 1.807) is 12.4 Å². The SMILES string of the molecule is CC.Cc1cnc(OCC2CCC2)cn1. The summed E-state index contributed by atoms with van der Waals surface area (Å²) < 4.78 is 5.49. The molecule has 0 atom stereocenters. The van der Waals surface area contributed by atoms with Crippen molar-refractivity contribution in [3.05, 3.63) is 18.1 Å². The van der Waals surface area contributed by atoms with E-state index in [1.807, 2.05) is 20.8 Å². The molecule has 2 rings (SSSR count). The van der Waals surface area contributed by atoms with Crippen LogP contribution in [0.15, 0.2) is 12.4 Å². The number of nitrogens with zero attached hydrogens (tertiary/aromatic N) is 2. The summed E-state index contributed by atoms with van der Waals surface area (Å²) in [5.41, 5.74) is 0.927. The van der Waals surface area contributed by atoms with Crippen molar-refractivity contribution in [3.8, 4) is 5.88 Å². The summed E-state index contributed by atoms with van der Waals surface area (Å²) in [5, 5.41) is 0. The molecule has 1 aromatic heterocycles. The minimum Gasteiger partial charge on any atom is -0.476 e. The second kappa shape index (κ2) is 6.38. The van der Waals surface area contributed by atoms with Crippen molar-refractivity contribution in [1.29, 1.82) is 0 Å². The molecule has 1 fully saturated rings. The van der Waals surface area contributed by atoms with E-state index in [-0.39, 0.29) is 0 Å². The van der Waals surface area contributed by atoms with Crippen LogP contribution in [0.2, 0.25) is 0 Å². The lowest BCUT2D eigenvalue weighted by Gasteiger charge is -2.24. The lowest BCUT2D eigenvalue weighted by molar-refractivity contribution is 0.175. The fraction of sp³-hybridized carbons (Fsp3) is 0.667. The van der Waals surface area contributed by atoms with Gasteiger partial charge in [0.05, 0.1) is 24.7 Å². The van der Waals surface area contributed by atoms with Gasteiger partial charge in [-0.2, -0.15) is 0 Å². The molecule has 0 N–H and O–H groups in total. The van der Waals surface area contributed by atoms with Crippen LogP contribution in [0.5, 0.6) is 5.88 Å². The van der Waals surface area contributed by atoms with E-state index in [1.165, 1.54) is 19.3 Å². The van der Waals surface area contributed by atoms with E-state index in [0.29, 0.717) is 5.88 Å². The third-order valence-electron chi connectivity index (χ3n) is 2.45. The van der Waals surface area contributed by atoms with Crippen LogP contribution in [0, 0.1) is 12.8 Å². The Morgan fingerprint density at radius 3 is 2.47 bits per heavy atom. The highest BCUT2D eigenvalue weighted by atomic mass is 16.5. The number of hydrogen-bond acceptors (Lipinski definition) is 3. The van der Waals surface area contributed by atoms with Crippen LogP contribution in [-0.4, -0.2) is 16.6 Å². The van der Waals surface area contributed by atoms with Gasteiger partial charge in [-0.25, -0.2) is 4.98 Å². The third kappa shape index (κ3) is 3.86. The van der Waals surface area contributed by atoms with E-state index in [9.17, 15) is 0 Å². The van der Waals surface area contributed by atoms with Gasteiger partial charge in [0, 0.05) is 0 Å². The van der Waals surface area contributed by atoms with Crippen LogP contribution in [-0.2, 0) is 0 Å². The van der Waals surface area contributed by atoms with Crippen LogP contribution in [0.25, 0.3) is 0 Å². The lowest BCUT2D eigenvalue weighted by Crippen LogP contribution is -2.19. The second-order valence-corrected chi connectivity index (χ2v) is 3.60. The van der Waals surface area contributed by atoms with Crippen LogP contribution in [0.1, 0.15) is 38.8 Å². The summed E-state index contributed by atoms with van der Waals surface area (Å²) in [4.78, 5) is 8.24. The monoisotopic (exact) mass is 208 g/mol. The number of aryl methyl sites for hydroxylation is 1. The van der Waals surface area contributed by atoms with Crippen LogP contribution < -0.4 is 4.74 Å². The topological polar surface area (TPSA) is 35.0 Å². The Kier molecular flexibility index (Phi) is 5.08. The maximum Gasteiger partial charge on any atom is 0.232 e. The minimum absolute atomic E-state index is 0.650. The van der Waals surface area contributed by atoms with Gasteiger partial charge in [0.2, 0.25) is 5.88 Å². The van der Waals surface area contributed by atoms with Gasteiger partial charge in [0.1, 0.15) is 0 Å². The van der Waals surface area contributed by atoms with Crippen molar-refractivity contribution >= 4 is 0 Å². The molecular weight excluding hydrogens is 188 g/mol. The maximum atomic E-state index is 5.49. The van der Waals surface area contributed by atoms with Gasteiger partial charge in [-0.15, -0.1) is 0 Å². The number of ether oxygens (including phenoxy) is 1. The van der Waals surface area contributed by atoms with E-state index >= 15 is 0 Å². The average molecular weight is 208 g/mol. The molecule has 0 amide bonds. The second-order valence-electron chi connectivity index (χ2n) is 3.60. The molecule has 0 unspecified atom stereocenters. The normalized spacial score (nSPS) is 14.9. The predicted molar refractivity (Wildman–Crippen MR) is 61.0 cm³/mol. The van der Waals surface area contributed by atoms with Crippen LogP contribution in [0.4, 0.5) is 0 Å². The summed E-state index contributed by atoms with van der Waals surface area (Å²) >= 11 is 0. The molecular formula is C12H20N2O. The molecule has 0 aliphatic heterocycles. The minimum atomic E-state index is 0.650. The highest BCUT2D eigenvalue weighted by Gasteiger charge is 2.17. The molecule has 0 saturated heterocycles. The number of aromatic nitrogens is 2. The molecule has 15 heavy (non-hydrogen) atoms. The molecule has 3 nitrogen and oxygen atoms in total. The molecule has 0 bridgehead atoms. The molecule has 84 valence electrons. The molecule has 1 aromatic rings. The Balaban J connectivity index is 0.000000531. The number of rotatable bonds is 3. The van der Waals surface area contributed by atoms with Gasteiger partial charge in [-0.3, -0.25) is 4.98 Å². The first kappa shape index (κ1) is 12.0. The standard InChI is InChI=1S/C10H14N2O.C2H6/c1-8-5-12-10(6-11-8)13-7-9-3-2-4-9;1-2/h5-6,9H,2-4,7H2,1H3;1-2H3. The summed E-state index contributed by atoms with van der Waals surface area (Å²) in [7, 11) is 0. The van der Waals surface area contributed by atoms with Gasteiger partial charge in [-0.1, -0.05) is 20.3 Å². The highest BCUT2D eigenvalue weighted by Crippen LogP contribution is 2.26. The lowest BCUT2D eigenvalue weighted by atomic mass is 9.86. The Labute approximate surface area is 91.9 Å². The summed E-state index contributed by atoms with van der Waals surface area (Å²) in [6.45, 7) is 6.72. The van der Waals surface area contributed by atoms with Gasteiger partial charge >= 0.3 is 0 Å². The van der Waals surface area contributed by atoms with Crippen molar-refractivity contribution in [2.24, 2.45) is 5.92 Å². The molecule has 3 heteroatoms. The van der Waals surface area contributed by atoms with E-state index in [2.05, 4.69) is 9.97 Å². The van der Waals surface area contributed by atoms with Crippen molar-refractivity contribution in [2.75, 3.05) is 6.61 Å². The third-order valence-corrected chi connectivity index (χ3v) is 2.45. The van der Waals surface area contributed by atoms with Gasteiger partial charge in [0.15, 0.2) is 0 Å². The Morgan fingerprint density at radius 1 is 1.27 bits per heavy atom. The molecule has 1 saturated carbocycles. The molecule has 1 aliphatic carbocycles. The molecule has 0 aromatic carbocycles. The van der Waals surface area contributed by atoms with Gasteiger partial charge in [0.25, 0.3) is 0 Å². The quantitative estimate of drug-likeness (QED) is 0.766. The van der Waals surface area contributed by atoms with Gasteiger partial charge in [-0.05, 0) is 25.7 Å². The molecule has 0 radical (unpaired) electrons. The van der Waals surface area contributed by atoms with Gasteiger partial charge < -0.3 is 4.74 Å². The average Bonchev–Trinajstić information content (AvgIpc) is 2.22. The summed E-state index contributed by atoms with van der Waals surface area (Å²) in [5.74, 6) is 1.40. The fourth-order valence-corrected chi connectivity index (χ4v) is 1.32. The summed E-state index contributed by atoms with van der Waals surface area (Å²) in [6.07, 6.45) is 7.39. The first-order valence-electron chi connectivity index (χ1n) is 5.76. The van der Waals surface area contributed by atoms with E-state index in [0.717, 1.165) is 18.2 Å². The van der Waals surface area contributed by atoms with E-state index < -0.39 is 0 Å². The number of hydrogen-bond donors (Lipinski definition) is 0. The first-order chi connectivity index (χ1) is 7.34. The highest BCUT2D eigenvalue weighted by molar-refractivity contribution is 5.05. The Hall–Kier alpha value is -1.12. The van der Waals surface area contributed by atoms with Crippen molar-refractivity contribution < 1.29 is 4.74 Å². The van der Waals surface area contributed by atoms with Crippen molar-refractivity contribution in [2.45, 2.75) is 40.0 Å². The van der Waals surface area contributed by atoms with Crippen molar-refractivity contribution in [3.63, 3.8) is 0 Å². The maximum absolute atomic E-state index is 5.49. The zero-order valence-corrected chi connectivity index (χ0v) is 9.86.